The van der Waals surface area contributed by atoms with E-state index in [1.165, 1.54) is 72.8 Å². The molecule has 0 amide bonds. The van der Waals surface area contributed by atoms with Crippen molar-refractivity contribution in [2.75, 3.05) is 34.1 Å². The number of benzene rings is 5. The molecule has 0 unspecified atom stereocenters. The smallest absolute Gasteiger partial charge is 0.744 e. The van der Waals surface area contributed by atoms with E-state index in [0.29, 0.717) is 23.5 Å². The molecule has 1 aliphatic rings. The van der Waals surface area contributed by atoms with E-state index >= 15 is 0 Å². The van der Waals surface area contributed by atoms with Gasteiger partial charge < -0.3 is 37.8 Å². The Morgan fingerprint density at radius 1 is 0.583 bits per heavy atom. The average molecular weight is 909 g/mol. The minimum atomic E-state index is -5.43. The number of fused-ring (bicyclic) bond motifs is 1. The normalized spacial score (nSPS) is 13.6. The van der Waals surface area contributed by atoms with E-state index in [1.807, 2.05) is 0 Å². The Bertz CT molecular complexity index is 2920. The number of hydrogen-bond donors (Lipinski definition) is 6. The Morgan fingerprint density at radius 3 is 1.48 bits per heavy atom. The molecule has 5 aromatic rings. The van der Waals surface area contributed by atoms with Gasteiger partial charge in [-0.1, -0.05) is 23.2 Å². The van der Waals surface area contributed by atoms with Crippen LogP contribution in [0.15, 0.2) is 124 Å². The predicted octanol–water partition coefficient (Wildman–Crippen LogP) is 1.61. The molecule has 6 rings (SSSR count). The van der Waals surface area contributed by atoms with Gasteiger partial charge >= 0.3 is 59.1 Å². The Morgan fingerprint density at radius 2 is 1.03 bits per heavy atom. The van der Waals surface area contributed by atoms with E-state index in [4.69, 9.17) is 51.9 Å². The van der Waals surface area contributed by atoms with Gasteiger partial charge in [-0.25, -0.2) is 16.8 Å². The van der Waals surface area contributed by atoms with Gasteiger partial charge in [0.1, 0.15) is 43.0 Å². The Balaban J connectivity index is 0.00000397. The minimum absolute atomic E-state index is 0. The number of nitrogen functional groups attached to an aromatic ring is 5. The summed E-state index contributed by atoms with van der Waals surface area (Å²) in [7, 11) is -10.8. The second-order valence-electron chi connectivity index (χ2n) is 11.9. The van der Waals surface area contributed by atoms with Crippen molar-refractivity contribution >= 4 is 129 Å². The van der Waals surface area contributed by atoms with Crippen LogP contribution < -0.4 is 93.2 Å². The molecule has 0 atom stereocenters. The van der Waals surface area contributed by atoms with E-state index in [2.05, 4.69) is 41.2 Å². The van der Waals surface area contributed by atoms with E-state index in [-0.39, 0.29) is 115 Å². The van der Waals surface area contributed by atoms with Gasteiger partial charge in [0.05, 0.1) is 76.6 Å². The van der Waals surface area contributed by atoms with Crippen LogP contribution in [0.4, 0.5) is 68.2 Å². The zero-order valence-electron chi connectivity index (χ0n) is 31.0. The summed E-state index contributed by atoms with van der Waals surface area (Å²) in [6.07, 6.45) is 0.670. The fraction of sp³-hybridized carbons (Fsp3) is 0. The van der Waals surface area contributed by atoms with Gasteiger partial charge in [-0.2, -0.15) is 20.4 Å². The molecule has 0 bridgehead atoms. The van der Waals surface area contributed by atoms with Crippen molar-refractivity contribution in [3.05, 3.63) is 105 Å². The first-order chi connectivity index (χ1) is 27.3. The van der Waals surface area contributed by atoms with E-state index in [9.17, 15) is 30.7 Å². The maximum Gasteiger partial charge on any atom is 1.00 e. The second kappa shape index (κ2) is 19.3. The summed E-state index contributed by atoms with van der Waals surface area (Å²) in [5.74, 6) is -1.22. The van der Waals surface area contributed by atoms with Crippen molar-refractivity contribution in [1.29, 1.82) is 0 Å². The number of carbonyl (C=O) groups is 1. The number of hydrazone groups is 1. The van der Waals surface area contributed by atoms with Crippen molar-refractivity contribution in [3.8, 4) is 0 Å². The van der Waals surface area contributed by atoms with Crippen LogP contribution in [0.2, 0.25) is 10.0 Å². The molecule has 26 heteroatoms. The zero-order chi connectivity index (χ0) is 42.1. The molecule has 0 fully saturated rings. The molecule has 0 saturated heterocycles. The maximum absolute atomic E-state index is 13.8. The van der Waals surface area contributed by atoms with Gasteiger partial charge in [0.25, 0.3) is 0 Å². The first-order valence-corrected chi connectivity index (χ1v) is 19.5. The molecule has 0 aliphatic heterocycles. The fourth-order valence-corrected chi connectivity index (χ4v) is 6.71. The summed E-state index contributed by atoms with van der Waals surface area (Å²) in [4.78, 5) is 11.6. The standard InChI is InChI=1S/C34H27Cl2N13O7S2.2Na/c35-20-11-26(24(39)13-22(20)37)46-42-16-1-5-18(6-2-16)44-48-32-28(57(51,52)53)9-15-10-29(58(54,55)56)33(34(50)30(15)31(32)41)49-45-19-7-3-17(4-8-19)43-47-27-12-21(36)23(38)14-25(27)40;;/h1-14,45H,37-41H2,(H,51,52,53)(H,54,55,56);;/q;2*+1/p-2/b46-42?,47-43?,48-44?,49-33+;;. The molecular formula is C34H25Cl2N13Na2O7S2. The molecule has 60 heavy (non-hydrogen) atoms. The molecular weight excluding hydrogens is 883 g/mol. The fourth-order valence-electron chi connectivity index (χ4n) is 5.09. The van der Waals surface area contributed by atoms with Gasteiger partial charge in [0.15, 0.2) is 0 Å². The summed E-state index contributed by atoms with van der Waals surface area (Å²) < 4.78 is 74.0. The van der Waals surface area contributed by atoms with Crippen LogP contribution in [0.5, 0.6) is 0 Å². The van der Waals surface area contributed by atoms with Crippen LogP contribution in [-0.4, -0.2) is 37.4 Å². The average Bonchev–Trinajstić information content (AvgIpc) is 3.15. The number of azo groups is 3. The Kier molecular flexibility index (Phi) is 15.4. The van der Waals surface area contributed by atoms with Crippen molar-refractivity contribution in [2.24, 2.45) is 35.8 Å². The van der Waals surface area contributed by atoms with Crippen molar-refractivity contribution in [3.63, 3.8) is 0 Å². The second-order valence-corrected chi connectivity index (χ2v) is 15.5. The van der Waals surface area contributed by atoms with Crippen molar-refractivity contribution in [1.82, 2.24) is 0 Å². The molecule has 1 aliphatic carbocycles. The number of Topliss-reactive ketones (excluding diaryl/α,β-unsaturated/α-hetero) is 1. The summed E-state index contributed by atoms with van der Waals surface area (Å²) in [5, 5.41) is 28.4. The quantitative estimate of drug-likeness (QED) is 0.0382. The van der Waals surface area contributed by atoms with E-state index < -0.39 is 64.0 Å². The van der Waals surface area contributed by atoms with Gasteiger partial charge in [-0.05, 0) is 90.5 Å². The molecule has 0 saturated carbocycles. The van der Waals surface area contributed by atoms with Crippen LogP contribution in [0, 0.1) is 0 Å². The third-order valence-corrected chi connectivity index (χ3v) is 10.3. The number of allylic oxidation sites excluding steroid dienone is 1. The first kappa shape index (κ1) is 47.9. The number of halogens is 2. The Hall–Kier alpha value is -4.82. The molecule has 20 nitrogen and oxygen atoms in total. The van der Waals surface area contributed by atoms with Crippen LogP contribution >= 0.6 is 23.2 Å². The first-order valence-electron chi connectivity index (χ1n) is 15.9. The number of carbonyl (C=O) groups excluding carboxylic acids is 1. The van der Waals surface area contributed by atoms with Crippen LogP contribution in [0.3, 0.4) is 0 Å². The number of rotatable bonds is 10. The molecule has 5 aromatic carbocycles. The monoisotopic (exact) mass is 907 g/mol. The van der Waals surface area contributed by atoms with Gasteiger partial charge in [0.2, 0.25) is 5.78 Å². The predicted molar refractivity (Wildman–Crippen MR) is 218 cm³/mol. The van der Waals surface area contributed by atoms with E-state index in [1.54, 1.807) is 0 Å². The van der Waals surface area contributed by atoms with Crippen LogP contribution in [-0.2, 0) is 20.2 Å². The number of hydrogen-bond acceptors (Lipinski definition) is 20. The summed E-state index contributed by atoms with van der Waals surface area (Å²) in [6, 6.07) is 18.0. The number of anilines is 6. The summed E-state index contributed by atoms with van der Waals surface area (Å²) >= 11 is 12.1. The SMILES string of the molecule is Nc1cc(N)c(N=Nc2ccc(N=Nc3c(S(=O)(=O)[O-])cc4c(c3N)C(=O)/C(=N/Nc3ccc(N=Nc5cc(Cl)c(N)cc5N)cc3)C(S(=O)(=O)[O-])=C4)cc2)cc1Cl.[Na+].[Na+]. The third-order valence-electron chi connectivity index (χ3n) is 7.95. The zero-order valence-corrected chi connectivity index (χ0v) is 38.2. The minimum Gasteiger partial charge on any atom is -0.744 e. The third kappa shape index (κ3) is 10.9. The molecule has 11 N–H and O–H groups in total. The van der Waals surface area contributed by atoms with Crippen molar-refractivity contribution in [2.45, 2.75) is 4.90 Å². The molecule has 0 spiro atoms. The molecule has 296 valence electrons. The molecule has 0 heterocycles. The van der Waals surface area contributed by atoms with Crippen LogP contribution in [0.25, 0.3) is 6.08 Å². The maximum atomic E-state index is 13.8. The summed E-state index contributed by atoms with van der Waals surface area (Å²) in [6.45, 7) is 0. The van der Waals surface area contributed by atoms with Gasteiger partial charge in [0, 0.05) is 0 Å². The number of ketones is 1. The Labute approximate surface area is 395 Å². The molecule has 0 aromatic heterocycles. The largest absolute Gasteiger partial charge is 1.00 e. The van der Waals surface area contributed by atoms with Crippen LogP contribution in [0.1, 0.15) is 15.9 Å². The number of nitrogens with two attached hydrogens (primary N) is 5. The van der Waals surface area contributed by atoms with Gasteiger partial charge in [-0.15, -0.1) is 15.3 Å². The van der Waals surface area contributed by atoms with Crippen molar-refractivity contribution < 1.29 is 89.9 Å². The van der Waals surface area contributed by atoms with E-state index in [0.717, 1.165) is 0 Å². The number of nitrogens with one attached hydrogen (secondary N) is 1. The molecule has 0 radical (unpaired) electrons. The topological polar surface area (TPSA) is 360 Å². The van der Waals surface area contributed by atoms with Gasteiger partial charge in [-0.3, -0.25) is 10.2 Å². The summed E-state index contributed by atoms with van der Waals surface area (Å²) in [5.41, 5.74) is 31.2. The number of nitrogens with zero attached hydrogens (tertiary/aromatic N) is 7.